The summed E-state index contributed by atoms with van der Waals surface area (Å²) in [6.07, 6.45) is 4.82. The minimum Gasteiger partial charge on any atom is -0.496 e. The lowest BCUT2D eigenvalue weighted by molar-refractivity contribution is 0.165. The summed E-state index contributed by atoms with van der Waals surface area (Å²) in [5, 5.41) is 13.8. The highest BCUT2D eigenvalue weighted by Crippen LogP contribution is 2.28. The predicted molar refractivity (Wildman–Crippen MR) is 86.7 cm³/mol. The Kier molecular flexibility index (Phi) is 6.07. The highest BCUT2D eigenvalue weighted by Gasteiger charge is 2.19. The summed E-state index contributed by atoms with van der Waals surface area (Å²) in [6, 6.07) is 5.94. The van der Waals surface area contributed by atoms with E-state index in [1.807, 2.05) is 25.1 Å². The third-order valence-electron chi connectivity index (χ3n) is 4.65. The van der Waals surface area contributed by atoms with Crippen molar-refractivity contribution in [2.24, 2.45) is 11.8 Å². The molecule has 1 aliphatic rings. The lowest BCUT2D eigenvalue weighted by Gasteiger charge is -2.26. The fourth-order valence-electron chi connectivity index (χ4n) is 3.18. The van der Waals surface area contributed by atoms with Crippen molar-refractivity contribution in [2.75, 3.05) is 20.2 Å². The fourth-order valence-corrected chi connectivity index (χ4v) is 3.18. The number of aliphatic hydroxyl groups excluding tert-OH is 1. The smallest absolute Gasteiger partial charge is 0.124 e. The van der Waals surface area contributed by atoms with Crippen LogP contribution in [0.4, 0.5) is 0 Å². The van der Waals surface area contributed by atoms with Crippen LogP contribution in [-0.2, 0) is 0 Å². The molecule has 0 aliphatic heterocycles. The quantitative estimate of drug-likeness (QED) is 0.843. The van der Waals surface area contributed by atoms with Gasteiger partial charge in [-0.3, -0.25) is 0 Å². The van der Waals surface area contributed by atoms with Crippen molar-refractivity contribution in [1.29, 1.82) is 0 Å². The van der Waals surface area contributed by atoms with Crippen LogP contribution >= 0.6 is 0 Å². The van der Waals surface area contributed by atoms with E-state index in [1.165, 1.54) is 25.7 Å². The molecule has 21 heavy (non-hydrogen) atoms. The molecule has 1 saturated carbocycles. The minimum atomic E-state index is -0.512. The van der Waals surface area contributed by atoms with Crippen LogP contribution in [-0.4, -0.2) is 25.3 Å². The zero-order valence-electron chi connectivity index (χ0n) is 13.6. The number of methoxy groups -OCH3 is 1. The SMILES string of the molecule is COc1ccc(C)cc1C(O)CNCC1CCC(C)CC1. The number of nitrogens with one attached hydrogen (secondary N) is 1. The van der Waals surface area contributed by atoms with Gasteiger partial charge in [-0.05, 0) is 50.3 Å². The molecule has 0 aromatic heterocycles. The first-order valence-corrected chi connectivity index (χ1v) is 8.13. The van der Waals surface area contributed by atoms with Crippen LogP contribution in [0.5, 0.6) is 5.75 Å². The first-order chi connectivity index (χ1) is 10.1. The summed E-state index contributed by atoms with van der Waals surface area (Å²) in [4.78, 5) is 0. The van der Waals surface area contributed by atoms with Crippen LogP contribution in [0.1, 0.15) is 49.8 Å². The Hall–Kier alpha value is -1.06. The van der Waals surface area contributed by atoms with E-state index in [4.69, 9.17) is 4.74 Å². The Balaban J connectivity index is 1.81. The van der Waals surface area contributed by atoms with Crippen molar-refractivity contribution in [3.8, 4) is 5.75 Å². The average Bonchev–Trinajstić information content (AvgIpc) is 2.49. The number of rotatable bonds is 6. The molecule has 0 heterocycles. The van der Waals surface area contributed by atoms with Gasteiger partial charge in [0.15, 0.2) is 0 Å². The van der Waals surface area contributed by atoms with Gasteiger partial charge in [-0.1, -0.05) is 31.4 Å². The van der Waals surface area contributed by atoms with Crippen LogP contribution in [0.15, 0.2) is 18.2 Å². The highest BCUT2D eigenvalue weighted by atomic mass is 16.5. The first-order valence-electron chi connectivity index (χ1n) is 8.13. The largest absolute Gasteiger partial charge is 0.496 e. The van der Waals surface area contributed by atoms with E-state index in [2.05, 4.69) is 12.2 Å². The topological polar surface area (TPSA) is 41.5 Å². The zero-order chi connectivity index (χ0) is 15.2. The van der Waals surface area contributed by atoms with Gasteiger partial charge < -0.3 is 15.2 Å². The molecule has 1 atom stereocenters. The number of aryl methyl sites for hydroxylation is 1. The molecule has 1 aliphatic carbocycles. The van der Waals surface area contributed by atoms with E-state index in [0.717, 1.165) is 35.3 Å². The van der Waals surface area contributed by atoms with Crippen molar-refractivity contribution in [3.63, 3.8) is 0 Å². The fraction of sp³-hybridized carbons (Fsp3) is 0.667. The third kappa shape index (κ3) is 4.72. The van der Waals surface area contributed by atoms with Crippen molar-refractivity contribution in [3.05, 3.63) is 29.3 Å². The van der Waals surface area contributed by atoms with Crippen molar-refractivity contribution in [2.45, 2.75) is 45.6 Å². The van der Waals surface area contributed by atoms with Gasteiger partial charge in [-0.15, -0.1) is 0 Å². The van der Waals surface area contributed by atoms with Gasteiger partial charge in [0.1, 0.15) is 5.75 Å². The van der Waals surface area contributed by atoms with Gasteiger partial charge in [-0.2, -0.15) is 0 Å². The number of hydrogen-bond acceptors (Lipinski definition) is 3. The van der Waals surface area contributed by atoms with Crippen molar-refractivity contribution >= 4 is 0 Å². The summed E-state index contributed by atoms with van der Waals surface area (Å²) in [7, 11) is 1.65. The molecule has 2 N–H and O–H groups in total. The van der Waals surface area contributed by atoms with Crippen molar-refractivity contribution in [1.82, 2.24) is 5.32 Å². The number of benzene rings is 1. The molecule has 118 valence electrons. The Morgan fingerprint density at radius 2 is 2.00 bits per heavy atom. The Bertz CT molecular complexity index is 439. The molecule has 1 unspecified atom stereocenters. The Morgan fingerprint density at radius 1 is 1.29 bits per heavy atom. The molecule has 0 saturated heterocycles. The van der Waals surface area contributed by atoms with E-state index >= 15 is 0 Å². The zero-order valence-corrected chi connectivity index (χ0v) is 13.6. The molecule has 3 nitrogen and oxygen atoms in total. The Morgan fingerprint density at radius 3 is 2.67 bits per heavy atom. The van der Waals surface area contributed by atoms with Gasteiger partial charge in [-0.25, -0.2) is 0 Å². The van der Waals surface area contributed by atoms with Gasteiger partial charge in [0.2, 0.25) is 0 Å². The van der Waals surface area contributed by atoms with Crippen LogP contribution in [0.25, 0.3) is 0 Å². The van der Waals surface area contributed by atoms with E-state index in [9.17, 15) is 5.11 Å². The van der Waals surface area contributed by atoms with Gasteiger partial charge in [0.05, 0.1) is 13.2 Å². The summed E-state index contributed by atoms with van der Waals surface area (Å²) < 4.78 is 5.34. The molecule has 0 spiro atoms. The van der Waals surface area contributed by atoms with Gasteiger partial charge in [0.25, 0.3) is 0 Å². The van der Waals surface area contributed by atoms with Crippen LogP contribution in [0.2, 0.25) is 0 Å². The monoisotopic (exact) mass is 291 g/mol. The molecule has 0 bridgehead atoms. The average molecular weight is 291 g/mol. The molecule has 1 fully saturated rings. The molecule has 1 aromatic rings. The lowest BCUT2D eigenvalue weighted by atomic mass is 9.83. The molecular weight excluding hydrogens is 262 g/mol. The predicted octanol–water partition coefficient (Wildman–Crippen LogP) is 3.45. The Labute approximate surface area is 128 Å². The molecule has 1 aromatic carbocycles. The summed E-state index contributed by atoms with van der Waals surface area (Å²) >= 11 is 0. The lowest BCUT2D eigenvalue weighted by Crippen LogP contribution is -2.29. The molecular formula is C18H29NO2. The van der Waals surface area contributed by atoms with Crippen molar-refractivity contribution < 1.29 is 9.84 Å². The maximum Gasteiger partial charge on any atom is 0.124 e. The van der Waals surface area contributed by atoms with Crippen LogP contribution in [0.3, 0.4) is 0 Å². The van der Waals surface area contributed by atoms with E-state index in [0.29, 0.717) is 6.54 Å². The molecule has 3 heteroatoms. The van der Waals surface area contributed by atoms with E-state index < -0.39 is 6.10 Å². The normalized spacial score (nSPS) is 23.8. The van der Waals surface area contributed by atoms with Crippen LogP contribution in [0, 0.1) is 18.8 Å². The van der Waals surface area contributed by atoms with E-state index in [1.54, 1.807) is 7.11 Å². The number of aliphatic hydroxyl groups is 1. The maximum atomic E-state index is 10.4. The minimum absolute atomic E-state index is 0.512. The van der Waals surface area contributed by atoms with E-state index in [-0.39, 0.29) is 0 Å². The summed E-state index contributed by atoms with van der Waals surface area (Å²) in [5.74, 6) is 2.43. The maximum absolute atomic E-state index is 10.4. The number of ether oxygens (including phenoxy) is 1. The summed E-state index contributed by atoms with van der Waals surface area (Å²) in [5.41, 5.74) is 2.02. The molecule has 0 amide bonds. The third-order valence-corrected chi connectivity index (χ3v) is 4.65. The van der Waals surface area contributed by atoms with Gasteiger partial charge >= 0.3 is 0 Å². The molecule has 0 radical (unpaired) electrons. The summed E-state index contributed by atoms with van der Waals surface area (Å²) in [6.45, 7) is 5.98. The second-order valence-electron chi connectivity index (χ2n) is 6.55. The second kappa shape index (κ2) is 7.81. The standard InChI is InChI=1S/C18H29NO2/c1-13-4-7-15(8-5-13)11-19-12-17(20)16-10-14(2)6-9-18(16)21-3/h6,9-10,13,15,17,19-20H,4-5,7-8,11-12H2,1-3H3. The van der Waals surface area contributed by atoms with Gasteiger partial charge in [0, 0.05) is 12.1 Å². The molecule has 2 rings (SSSR count). The number of hydrogen-bond donors (Lipinski definition) is 2. The highest BCUT2D eigenvalue weighted by molar-refractivity contribution is 5.38. The first kappa shape index (κ1) is 16.3. The van der Waals surface area contributed by atoms with Crippen LogP contribution < -0.4 is 10.1 Å². The second-order valence-corrected chi connectivity index (χ2v) is 6.55.